The molecule has 0 saturated carbocycles. The Hall–Kier alpha value is -3.73. The van der Waals surface area contributed by atoms with Crippen LogP contribution in [0.3, 0.4) is 0 Å². The Morgan fingerprint density at radius 3 is 1.71 bits per heavy atom. The molecule has 0 saturated heterocycles. The van der Waals surface area contributed by atoms with Crippen LogP contribution in [0.15, 0.2) is 79.4 Å². The number of nitrogens with zero attached hydrogens (tertiary/aromatic N) is 5. The predicted molar refractivity (Wildman–Crippen MR) is 147 cm³/mol. The molecule has 0 atom stereocenters. The fraction of sp³-hybridized carbons (Fsp3) is 0.276. The summed E-state index contributed by atoms with van der Waals surface area (Å²) in [5.74, 6) is 0. The molecule has 5 heteroatoms. The monoisotopic (exact) mass is 455 g/mol. The van der Waals surface area contributed by atoms with E-state index < -0.39 is 0 Å². The molecule has 0 spiro atoms. The van der Waals surface area contributed by atoms with Gasteiger partial charge in [-0.05, 0) is 60.0 Å². The van der Waals surface area contributed by atoms with Crippen LogP contribution in [0, 0.1) is 13.8 Å². The van der Waals surface area contributed by atoms with Gasteiger partial charge >= 0.3 is 0 Å². The van der Waals surface area contributed by atoms with Gasteiger partial charge in [-0.2, -0.15) is 0 Å². The summed E-state index contributed by atoms with van der Waals surface area (Å²) >= 11 is 0. The van der Waals surface area contributed by atoms with Gasteiger partial charge in [0, 0.05) is 12.4 Å². The number of hydrogen-bond acceptors (Lipinski definition) is 3. The zero-order valence-corrected chi connectivity index (χ0v) is 21.7. The van der Waals surface area contributed by atoms with E-state index in [1.165, 1.54) is 21.9 Å². The molecular formula is C29H37N5. The molecule has 0 aliphatic carbocycles. The molecule has 0 aliphatic heterocycles. The Morgan fingerprint density at radius 1 is 0.618 bits per heavy atom. The second-order valence-electron chi connectivity index (χ2n) is 6.92. The van der Waals surface area contributed by atoms with Gasteiger partial charge in [-0.25, -0.2) is 4.98 Å². The van der Waals surface area contributed by atoms with Crippen LogP contribution in [0.5, 0.6) is 0 Å². The molecule has 0 fully saturated rings. The normalized spacial score (nSPS) is 9.76. The molecule has 178 valence electrons. The molecule has 0 N–H and O–H groups in total. The number of benzene rings is 2. The lowest BCUT2D eigenvalue weighted by Crippen LogP contribution is -1.89. The number of para-hydroxylation sites is 2. The highest BCUT2D eigenvalue weighted by Gasteiger charge is 2.04. The standard InChI is InChI=1S/C12H10N2.C11H9N3.3C2H6/c1-9-8-10-4-2-3-5-11(10)14-7-6-13-12(9)14;1-8-6-9-4-2-3-5-10(9)14-7-12-13-11(8)14;3*1-2/h2-8H,1H3;2-7H,1H3;3*1-2H3. The van der Waals surface area contributed by atoms with Gasteiger partial charge in [-0.3, -0.25) is 8.80 Å². The third-order valence-corrected chi connectivity index (χ3v) is 5.03. The molecule has 0 amide bonds. The van der Waals surface area contributed by atoms with Crippen LogP contribution in [0.4, 0.5) is 0 Å². The smallest absolute Gasteiger partial charge is 0.164 e. The predicted octanol–water partition coefficient (Wildman–Crippen LogP) is 8.07. The van der Waals surface area contributed by atoms with Crippen molar-refractivity contribution in [3.63, 3.8) is 0 Å². The van der Waals surface area contributed by atoms with Crippen LogP contribution in [0.2, 0.25) is 0 Å². The average Bonchev–Trinajstić information content (AvgIpc) is 3.60. The lowest BCUT2D eigenvalue weighted by atomic mass is 10.1. The molecule has 0 aliphatic rings. The first-order valence-corrected chi connectivity index (χ1v) is 12.2. The van der Waals surface area contributed by atoms with Crippen molar-refractivity contribution >= 4 is 33.1 Å². The lowest BCUT2D eigenvalue weighted by Gasteiger charge is -2.03. The van der Waals surface area contributed by atoms with Crippen molar-refractivity contribution in [3.8, 4) is 0 Å². The van der Waals surface area contributed by atoms with Gasteiger partial charge in [-0.1, -0.05) is 77.9 Å². The zero-order valence-electron chi connectivity index (χ0n) is 21.7. The zero-order chi connectivity index (χ0) is 25.1. The fourth-order valence-electron chi connectivity index (χ4n) is 3.72. The minimum absolute atomic E-state index is 0.934. The van der Waals surface area contributed by atoms with Gasteiger partial charge < -0.3 is 0 Å². The SMILES string of the molecule is CC.CC.CC.Cc1cc2ccccc2n2ccnc12.Cc1cc2ccccc2n2cnnc12. The van der Waals surface area contributed by atoms with E-state index in [1.807, 2.05) is 70.5 Å². The second-order valence-corrected chi connectivity index (χ2v) is 6.92. The number of aryl methyl sites for hydroxylation is 2. The summed E-state index contributed by atoms with van der Waals surface area (Å²) in [6, 6.07) is 20.9. The summed E-state index contributed by atoms with van der Waals surface area (Å²) in [5, 5.41) is 10.5. The molecular weight excluding hydrogens is 418 g/mol. The molecule has 4 heterocycles. The summed E-state index contributed by atoms with van der Waals surface area (Å²) in [4.78, 5) is 4.33. The molecule has 4 aromatic heterocycles. The molecule has 6 aromatic rings. The molecule has 5 nitrogen and oxygen atoms in total. The molecule has 34 heavy (non-hydrogen) atoms. The number of rotatable bonds is 0. The van der Waals surface area contributed by atoms with Gasteiger partial charge in [0.25, 0.3) is 0 Å². The number of hydrogen-bond donors (Lipinski definition) is 0. The van der Waals surface area contributed by atoms with Crippen LogP contribution in [0.1, 0.15) is 52.7 Å². The Balaban J connectivity index is 0.000000198. The fourth-order valence-corrected chi connectivity index (χ4v) is 3.72. The Morgan fingerprint density at radius 2 is 1.12 bits per heavy atom. The topological polar surface area (TPSA) is 47.5 Å². The van der Waals surface area contributed by atoms with E-state index >= 15 is 0 Å². The van der Waals surface area contributed by atoms with Crippen molar-refractivity contribution in [2.75, 3.05) is 0 Å². The highest BCUT2D eigenvalue weighted by molar-refractivity contribution is 5.84. The van der Waals surface area contributed by atoms with Gasteiger partial charge in [0.05, 0.1) is 11.0 Å². The largest absolute Gasteiger partial charge is 0.299 e. The lowest BCUT2D eigenvalue weighted by molar-refractivity contribution is 1.11. The number of imidazole rings is 1. The molecule has 0 unspecified atom stereocenters. The highest BCUT2D eigenvalue weighted by Crippen LogP contribution is 2.19. The van der Waals surface area contributed by atoms with Crippen molar-refractivity contribution in [1.29, 1.82) is 0 Å². The number of pyridine rings is 2. The van der Waals surface area contributed by atoms with Crippen LogP contribution in [0.25, 0.3) is 33.1 Å². The Labute approximate surface area is 203 Å². The third-order valence-electron chi connectivity index (χ3n) is 5.03. The van der Waals surface area contributed by atoms with E-state index in [0.29, 0.717) is 0 Å². The quantitative estimate of drug-likeness (QED) is 0.233. The molecule has 6 rings (SSSR count). The third kappa shape index (κ3) is 5.42. The van der Waals surface area contributed by atoms with E-state index in [9.17, 15) is 0 Å². The van der Waals surface area contributed by atoms with E-state index in [1.54, 1.807) is 6.33 Å². The van der Waals surface area contributed by atoms with Crippen LogP contribution in [-0.4, -0.2) is 24.0 Å². The molecule has 0 bridgehead atoms. The van der Waals surface area contributed by atoms with Gasteiger partial charge in [-0.15, -0.1) is 10.2 Å². The molecule has 0 radical (unpaired) electrons. The van der Waals surface area contributed by atoms with Crippen molar-refractivity contribution in [2.24, 2.45) is 0 Å². The average molecular weight is 456 g/mol. The first kappa shape index (κ1) is 26.5. The van der Waals surface area contributed by atoms with Gasteiger partial charge in [0.2, 0.25) is 0 Å². The summed E-state index contributed by atoms with van der Waals surface area (Å²) in [7, 11) is 0. The maximum Gasteiger partial charge on any atom is 0.164 e. The Kier molecular flexibility index (Phi) is 10.2. The van der Waals surface area contributed by atoms with Gasteiger partial charge in [0.15, 0.2) is 5.65 Å². The van der Waals surface area contributed by atoms with Crippen LogP contribution < -0.4 is 0 Å². The van der Waals surface area contributed by atoms with E-state index in [0.717, 1.165) is 22.4 Å². The summed E-state index contributed by atoms with van der Waals surface area (Å²) in [6.45, 7) is 16.1. The van der Waals surface area contributed by atoms with Crippen molar-refractivity contribution in [2.45, 2.75) is 55.4 Å². The van der Waals surface area contributed by atoms with Crippen molar-refractivity contribution in [1.82, 2.24) is 24.0 Å². The molecule has 2 aromatic carbocycles. The minimum Gasteiger partial charge on any atom is -0.299 e. The summed E-state index contributed by atoms with van der Waals surface area (Å²) < 4.78 is 4.15. The summed E-state index contributed by atoms with van der Waals surface area (Å²) in [5.41, 5.74) is 6.71. The second kappa shape index (κ2) is 13.1. The van der Waals surface area contributed by atoms with Crippen molar-refractivity contribution in [3.05, 3.63) is 90.5 Å². The first-order chi connectivity index (χ1) is 16.7. The van der Waals surface area contributed by atoms with Gasteiger partial charge in [0.1, 0.15) is 12.0 Å². The van der Waals surface area contributed by atoms with E-state index in [-0.39, 0.29) is 0 Å². The van der Waals surface area contributed by atoms with E-state index in [2.05, 4.69) is 82.0 Å². The van der Waals surface area contributed by atoms with E-state index in [4.69, 9.17) is 0 Å². The Bertz CT molecular complexity index is 1330. The number of aromatic nitrogens is 5. The van der Waals surface area contributed by atoms with Crippen LogP contribution in [-0.2, 0) is 0 Å². The highest BCUT2D eigenvalue weighted by atomic mass is 15.2. The summed E-state index contributed by atoms with van der Waals surface area (Å²) in [6.07, 6.45) is 5.60. The first-order valence-electron chi connectivity index (χ1n) is 12.2. The van der Waals surface area contributed by atoms with Crippen molar-refractivity contribution < 1.29 is 0 Å². The van der Waals surface area contributed by atoms with Crippen LogP contribution >= 0.6 is 0 Å². The number of fused-ring (bicyclic) bond motifs is 6. The maximum absolute atomic E-state index is 4.33. The maximum atomic E-state index is 4.33. The minimum atomic E-state index is 0.934.